The number of anilines is 1. The number of nitrogens with zero attached hydrogens (tertiary/aromatic N) is 2. The highest BCUT2D eigenvalue weighted by Gasteiger charge is 2.08. The van der Waals surface area contributed by atoms with Gasteiger partial charge in [-0.25, -0.2) is 9.97 Å². The molecular weight excluding hydrogens is 332 g/mol. The van der Waals surface area contributed by atoms with Gasteiger partial charge in [0.15, 0.2) is 0 Å². The molecule has 3 aromatic heterocycles. The first-order valence-electron chi connectivity index (χ1n) is 6.90. The summed E-state index contributed by atoms with van der Waals surface area (Å²) in [7, 11) is 0. The van der Waals surface area contributed by atoms with Crippen LogP contribution in [0, 0.1) is 6.92 Å². The van der Waals surface area contributed by atoms with E-state index >= 15 is 0 Å². The summed E-state index contributed by atoms with van der Waals surface area (Å²) in [5.41, 5.74) is -0.132. The maximum Gasteiger partial charge on any atom is 0.259 e. The van der Waals surface area contributed by atoms with Gasteiger partial charge in [0.25, 0.3) is 5.56 Å². The molecule has 0 fully saturated rings. The lowest BCUT2D eigenvalue weighted by Gasteiger charge is -2.04. The fourth-order valence-electron chi connectivity index (χ4n) is 2.02. The summed E-state index contributed by atoms with van der Waals surface area (Å²) >= 11 is 2.88. The zero-order chi connectivity index (χ0) is 16.2. The Balaban J connectivity index is 1.58. The topological polar surface area (TPSA) is 87.7 Å². The molecule has 0 saturated carbocycles. The number of fused-ring (bicyclic) bond motifs is 1. The minimum Gasteiger partial charge on any atom is -0.310 e. The summed E-state index contributed by atoms with van der Waals surface area (Å²) in [6.07, 6.45) is 1.62. The van der Waals surface area contributed by atoms with Gasteiger partial charge in [-0.2, -0.15) is 0 Å². The van der Waals surface area contributed by atoms with E-state index in [9.17, 15) is 9.59 Å². The van der Waals surface area contributed by atoms with Gasteiger partial charge in [0.2, 0.25) is 5.91 Å². The maximum atomic E-state index is 12.0. The van der Waals surface area contributed by atoms with Crippen molar-refractivity contribution in [2.75, 3.05) is 11.1 Å². The highest BCUT2D eigenvalue weighted by Crippen LogP contribution is 2.20. The molecular formula is C15H14N4O2S2. The molecule has 0 saturated heterocycles. The van der Waals surface area contributed by atoms with Crippen molar-refractivity contribution in [2.24, 2.45) is 0 Å². The van der Waals surface area contributed by atoms with E-state index in [2.05, 4.69) is 20.3 Å². The molecule has 0 aromatic carbocycles. The molecule has 0 atom stereocenters. The number of carbonyl (C=O) groups is 1. The minimum atomic E-state index is -0.135. The first-order valence-corrected chi connectivity index (χ1v) is 8.87. The van der Waals surface area contributed by atoms with Crippen molar-refractivity contribution in [3.05, 3.63) is 51.5 Å². The Labute approximate surface area is 140 Å². The Hall–Kier alpha value is -2.19. The van der Waals surface area contributed by atoms with Crippen LogP contribution in [0.15, 0.2) is 35.3 Å². The number of thioether (sulfide) groups is 1. The monoisotopic (exact) mass is 346 g/mol. The van der Waals surface area contributed by atoms with Crippen molar-refractivity contribution in [2.45, 2.75) is 12.7 Å². The zero-order valence-electron chi connectivity index (χ0n) is 12.3. The van der Waals surface area contributed by atoms with Gasteiger partial charge in [0.05, 0.1) is 16.9 Å². The number of aromatic nitrogens is 3. The minimum absolute atomic E-state index is 0.132. The summed E-state index contributed by atoms with van der Waals surface area (Å²) in [5, 5.41) is 3.33. The Morgan fingerprint density at radius 2 is 2.30 bits per heavy atom. The van der Waals surface area contributed by atoms with Crippen LogP contribution < -0.4 is 10.9 Å². The number of aromatic amines is 1. The molecule has 8 heteroatoms. The van der Waals surface area contributed by atoms with Crippen molar-refractivity contribution in [1.29, 1.82) is 0 Å². The maximum absolute atomic E-state index is 12.0. The predicted octanol–water partition coefficient (Wildman–Crippen LogP) is 2.56. The molecule has 0 radical (unpaired) electrons. The highest BCUT2D eigenvalue weighted by molar-refractivity contribution is 7.99. The van der Waals surface area contributed by atoms with Gasteiger partial charge in [-0.15, -0.1) is 23.1 Å². The second-order valence-corrected chi connectivity index (χ2v) is 7.06. The molecule has 23 heavy (non-hydrogen) atoms. The van der Waals surface area contributed by atoms with E-state index in [1.807, 2.05) is 19.1 Å². The van der Waals surface area contributed by atoms with Crippen LogP contribution in [0.25, 0.3) is 10.2 Å². The number of amides is 1. The van der Waals surface area contributed by atoms with E-state index in [4.69, 9.17) is 0 Å². The van der Waals surface area contributed by atoms with Crippen LogP contribution in [0.4, 0.5) is 5.82 Å². The molecule has 0 unspecified atom stereocenters. The highest BCUT2D eigenvalue weighted by atomic mass is 32.2. The number of rotatable bonds is 5. The fraction of sp³-hybridized carbons (Fsp3) is 0.200. The van der Waals surface area contributed by atoms with Crippen molar-refractivity contribution in [3.8, 4) is 0 Å². The Morgan fingerprint density at radius 1 is 1.43 bits per heavy atom. The fourth-order valence-corrected chi connectivity index (χ4v) is 3.61. The molecule has 0 spiro atoms. The lowest BCUT2D eigenvalue weighted by atomic mass is 10.4. The normalized spacial score (nSPS) is 10.8. The molecule has 0 aliphatic rings. The first-order chi connectivity index (χ1) is 11.1. The standard InChI is InChI=1S/C15H14N4O2S2/c1-9-6-10-14(21)18-12(19-15(10)23-9)7-22-8-13(20)17-11-4-2-3-5-16-11/h2-6H,7-8H2,1H3,(H,16,17,20)(H,18,19,21). The molecule has 3 heterocycles. The van der Waals surface area contributed by atoms with Gasteiger partial charge >= 0.3 is 0 Å². The van der Waals surface area contributed by atoms with Crippen LogP contribution in [0.3, 0.4) is 0 Å². The zero-order valence-corrected chi connectivity index (χ0v) is 14.0. The number of aryl methyl sites for hydroxylation is 1. The van der Waals surface area contributed by atoms with E-state index in [1.165, 1.54) is 23.1 Å². The summed E-state index contributed by atoms with van der Waals surface area (Å²) < 4.78 is 0. The van der Waals surface area contributed by atoms with E-state index < -0.39 is 0 Å². The number of thiophene rings is 1. The van der Waals surface area contributed by atoms with Crippen LogP contribution >= 0.6 is 23.1 Å². The second kappa shape index (κ2) is 6.93. The molecule has 2 N–H and O–H groups in total. The molecule has 0 aliphatic heterocycles. The quantitative estimate of drug-likeness (QED) is 0.741. The lowest BCUT2D eigenvalue weighted by Crippen LogP contribution is -2.15. The molecule has 118 valence electrons. The smallest absolute Gasteiger partial charge is 0.259 e. The average Bonchev–Trinajstić information content (AvgIpc) is 2.89. The van der Waals surface area contributed by atoms with Crippen molar-refractivity contribution in [1.82, 2.24) is 15.0 Å². The number of pyridine rings is 1. The molecule has 6 nitrogen and oxygen atoms in total. The van der Waals surface area contributed by atoms with Crippen LogP contribution in [0.2, 0.25) is 0 Å². The molecule has 0 bridgehead atoms. The molecule has 0 aliphatic carbocycles. The number of hydrogen-bond acceptors (Lipinski definition) is 6. The van der Waals surface area contributed by atoms with Crippen molar-refractivity contribution in [3.63, 3.8) is 0 Å². The number of H-pyrrole nitrogens is 1. The Bertz CT molecular complexity index is 889. The van der Waals surface area contributed by atoms with Crippen LogP contribution in [-0.4, -0.2) is 26.6 Å². The van der Waals surface area contributed by atoms with Gasteiger partial charge in [-0.3, -0.25) is 9.59 Å². The van der Waals surface area contributed by atoms with Crippen molar-refractivity contribution < 1.29 is 4.79 Å². The Morgan fingerprint density at radius 3 is 3.09 bits per heavy atom. The van der Waals surface area contributed by atoms with E-state index in [0.717, 1.165) is 9.71 Å². The average molecular weight is 346 g/mol. The molecule has 3 rings (SSSR count). The largest absolute Gasteiger partial charge is 0.310 e. The summed E-state index contributed by atoms with van der Waals surface area (Å²) in [6.45, 7) is 1.95. The SMILES string of the molecule is Cc1cc2c(=O)[nH]c(CSCC(=O)Nc3ccccn3)nc2s1. The van der Waals surface area contributed by atoms with Crippen LogP contribution in [-0.2, 0) is 10.5 Å². The molecule has 3 aromatic rings. The van der Waals surface area contributed by atoms with Crippen LogP contribution in [0.1, 0.15) is 10.7 Å². The van der Waals surface area contributed by atoms with E-state index in [0.29, 0.717) is 22.8 Å². The van der Waals surface area contributed by atoms with Gasteiger partial charge in [-0.1, -0.05) is 6.07 Å². The second-order valence-electron chi connectivity index (χ2n) is 4.84. The number of carbonyl (C=O) groups excluding carboxylic acids is 1. The van der Waals surface area contributed by atoms with Gasteiger partial charge in [-0.05, 0) is 25.1 Å². The van der Waals surface area contributed by atoms with Gasteiger partial charge in [0, 0.05) is 11.1 Å². The third kappa shape index (κ3) is 3.96. The first kappa shape index (κ1) is 15.7. The van der Waals surface area contributed by atoms with Crippen molar-refractivity contribution >= 4 is 45.0 Å². The van der Waals surface area contributed by atoms with Gasteiger partial charge in [0.1, 0.15) is 16.5 Å². The lowest BCUT2D eigenvalue weighted by molar-refractivity contribution is -0.113. The molecule has 1 amide bonds. The van der Waals surface area contributed by atoms with E-state index in [-0.39, 0.29) is 17.2 Å². The number of hydrogen-bond donors (Lipinski definition) is 2. The Kier molecular flexibility index (Phi) is 4.73. The van der Waals surface area contributed by atoms with E-state index in [1.54, 1.807) is 18.3 Å². The predicted molar refractivity (Wildman–Crippen MR) is 94.0 cm³/mol. The number of nitrogens with one attached hydrogen (secondary N) is 2. The summed E-state index contributed by atoms with van der Waals surface area (Å²) in [5.74, 6) is 1.71. The van der Waals surface area contributed by atoms with Crippen LogP contribution in [0.5, 0.6) is 0 Å². The third-order valence-corrected chi connectivity index (χ3v) is 4.87. The summed E-state index contributed by atoms with van der Waals surface area (Å²) in [4.78, 5) is 36.8. The van der Waals surface area contributed by atoms with Gasteiger partial charge < -0.3 is 10.3 Å². The third-order valence-electron chi connectivity index (χ3n) is 2.98. The summed E-state index contributed by atoms with van der Waals surface area (Å²) in [6, 6.07) is 7.16.